The predicted octanol–water partition coefficient (Wildman–Crippen LogP) is 1.92. The predicted molar refractivity (Wildman–Crippen MR) is 55.6 cm³/mol. The average Bonchev–Trinajstić information content (AvgIpc) is 2.47. The van der Waals surface area contributed by atoms with Crippen molar-refractivity contribution in [3.8, 4) is 0 Å². The molecule has 0 saturated heterocycles. The van der Waals surface area contributed by atoms with Gasteiger partial charge in [-0.15, -0.1) is 0 Å². The van der Waals surface area contributed by atoms with Gasteiger partial charge in [-0.3, -0.25) is 0 Å². The van der Waals surface area contributed by atoms with Crippen LogP contribution in [0.15, 0.2) is 12.9 Å². The van der Waals surface area contributed by atoms with Gasteiger partial charge >= 0.3 is 0 Å². The van der Waals surface area contributed by atoms with Gasteiger partial charge in [-0.05, 0) is 25.5 Å². The molecule has 1 aromatic heterocycles. The van der Waals surface area contributed by atoms with Crippen molar-refractivity contribution in [2.45, 2.75) is 19.9 Å². The first-order chi connectivity index (χ1) is 6.20. The molecule has 4 heteroatoms. The van der Waals surface area contributed by atoms with Crippen molar-refractivity contribution in [3.05, 3.63) is 23.8 Å². The second kappa shape index (κ2) is 4.44. The molecule has 3 nitrogen and oxygen atoms in total. The van der Waals surface area contributed by atoms with E-state index in [2.05, 4.69) is 11.6 Å². The van der Waals surface area contributed by atoms with Crippen molar-refractivity contribution in [2.24, 2.45) is 5.73 Å². The van der Waals surface area contributed by atoms with Gasteiger partial charge in [0.1, 0.15) is 0 Å². The molecule has 2 N–H and O–H groups in total. The quantitative estimate of drug-likeness (QED) is 0.805. The molecule has 1 aromatic rings. The second-order valence-corrected chi connectivity index (χ2v) is 3.17. The van der Waals surface area contributed by atoms with Crippen molar-refractivity contribution >= 4 is 17.2 Å². The zero-order valence-electron chi connectivity index (χ0n) is 7.76. The largest absolute Gasteiger partial charge is 0.330 e. The van der Waals surface area contributed by atoms with Crippen LogP contribution in [0.4, 0.5) is 0 Å². The minimum Gasteiger partial charge on any atom is -0.330 e. The third kappa shape index (κ3) is 2.11. The van der Waals surface area contributed by atoms with Crippen LogP contribution in [0, 0.1) is 0 Å². The van der Waals surface area contributed by atoms with Gasteiger partial charge in [-0.25, -0.2) is 4.98 Å². The lowest BCUT2D eigenvalue weighted by atomic mass is 10.1. The number of hydrogen-bond donors (Lipinski definition) is 1. The third-order valence-electron chi connectivity index (χ3n) is 1.91. The summed E-state index contributed by atoms with van der Waals surface area (Å²) in [6, 6.07) is 0. The molecule has 0 aliphatic heterocycles. The van der Waals surface area contributed by atoms with Crippen LogP contribution >= 0.6 is 11.6 Å². The van der Waals surface area contributed by atoms with Gasteiger partial charge in [0.15, 0.2) is 5.15 Å². The van der Waals surface area contributed by atoms with Gasteiger partial charge in [-0.1, -0.05) is 18.2 Å². The van der Waals surface area contributed by atoms with Crippen LogP contribution in [0.3, 0.4) is 0 Å². The van der Waals surface area contributed by atoms with Gasteiger partial charge in [0.25, 0.3) is 0 Å². The summed E-state index contributed by atoms with van der Waals surface area (Å²) in [5, 5.41) is 0.514. The standard InChI is InChI=1S/C9H14ClN3/c1-3-13-6-12-9(10)8(13)7(2)4-5-11/h6H,2-5,11H2,1H3. The van der Waals surface area contributed by atoms with Gasteiger partial charge in [0, 0.05) is 6.54 Å². The Labute approximate surface area is 83.2 Å². The van der Waals surface area contributed by atoms with Crippen LogP contribution in [0.2, 0.25) is 5.15 Å². The molecule has 0 saturated carbocycles. The van der Waals surface area contributed by atoms with Crippen LogP contribution < -0.4 is 5.73 Å². The summed E-state index contributed by atoms with van der Waals surface area (Å²) in [5.74, 6) is 0. The highest BCUT2D eigenvalue weighted by molar-refractivity contribution is 6.31. The molecule has 0 aliphatic rings. The SMILES string of the molecule is C=C(CCN)c1c(Cl)ncn1CC. The normalized spacial score (nSPS) is 10.4. The summed E-state index contributed by atoms with van der Waals surface area (Å²) in [5.41, 5.74) is 7.31. The highest BCUT2D eigenvalue weighted by atomic mass is 35.5. The van der Waals surface area contributed by atoms with Crippen LogP contribution in [-0.4, -0.2) is 16.1 Å². The summed E-state index contributed by atoms with van der Waals surface area (Å²) < 4.78 is 1.97. The summed E-state index contributed by atoms with van der Waals surface area (Å²) in [4.78, 5) is 4.02. The molecular formula is C9H14ClN3. The van der Waals surface area contributed by atoms with Gasteiger partial charge in [-0.2, -0.15) is 0 Å². The first-order valence-corrected chi connectivity index (χ1v) is 4.67. The summed E-state index contributed by atoms with van der Waals surface area (Å²) in [6.45, 7) is 7.40. The topological polar surface area (TPSA) is 43.8 Å². The van der Waals surface area contributed by atoms with Gasteiger partial charge in [0.05, 0.1) is 12.0 Å². The lowest BCUT2D eigenvalue weighted by Gasteiger charge is -2.07. The average molecular weight is 200 g/mol. The fourth-order valence-corrected chi connectivity index (χ4v) is 1.52. The molecule has 0 fully saturated rings. The van der Waals surface area contributed by atoms with E-state index in [0.29, 0.717) is 11.7 Å². The Bertz CT molecular complexity index is 304. The van der Waals surface area contributed by atoms with E-state index in [4.69, 9.17) is 17.3 Å². The molecule has 0 aromatic carbocycles. The first kappa shape index (κ1) is 10.3. The molecule has 0 amide bonds. The van der Waals surface area contributed by atoms with Crippen molar-refractivity contribution in [1.82, 2.24) is 9.55 Å². The van der Waals surface area contributed by atoms with Gasteiger partial charge in [0.2, 0.25) is 0 Å². The lowest BCUT2D eigenvalue weighted by Crippen LogP contribution is -2.03. The van der Waals surface area contributed by atoms with E-state index in [-0.39, 0.29) is 0 Å². The molecule has 0 atom stereocenters. The minimum atomic E-state index is 0.514. The molecule has 1 heterocycles. The number of nitrogens with two attached hydrogens (primary N) is 1. The number of halogens is 1. The number of imidazole rings is 1. The van der Waals surface area contributed by atoms with E-state index >= 15 is 0 Å². The Kier molecular flexibility index (Phi) is 3.51. The van der Waals surface area contributed by atoms with Crippen LogP contribution in [0.25, 0.3) is 5.57 Å². The fourth-order valence-electron chi connectivity index (χ4n) is 1.24. The zero-order chi connectivity index (χ0) is 9.84. The Morgan fingerprint density at radius 3 is 3.00 bits per heavy atom. The summed E-state index contributed by atoms with van der Waals surface area (Å²) >= 11 is 5.92. The zero-order valence-corrected chi connectivity index (χ0v) is 8.51. The third-order valence-corrected chi connectivity index (χ3v) is 2.19. The molecule has 1 rings (SSSR count). The Morgan fingerprint density at radius 1 is 1.77 bits per heavy atom. The molecule has 0 spiro atoms. The van der Waals surface area contributed by atoms with Crippen molar-refractivity contribution in [2.75, 3.05) is 6.54 Å². The maximum absolute atomic E-state index is 5.92. The first-order valence-electron chi connectivity index (χ1n) is 4.29. The van der Waals surface area contributed by atoms with Crippen molar-refractivity contribution in [1.29, 1.82) is 0 Å². The number of aromatic nitrogens is 2. The monoisotopic (exact) mass is 199 g/mol. The molecule has 13 heavy (non-hydrogen) atoms. The number of nitrogens with zero attached hydrogens (tertiary/aromatic N) is 2. The molecule has 0 unspecified atom stereocenters. The molecule has 0 aliphatic carbocycles. The highest BCUT2D eigenvalue weighted by Gasteiger charge is 2.10. The van der Waals surface area contributed by atoms with Crippen LogP contribution in [0.1, 0.15) is 19.0 Å². The Morgan fingerprint density at radius 2 is 2.46 bits per heavy atom. The molecular weight excluding hydrogens is 186 g/mol. The second-order valence-electron chi connectivity index (χ2n) is 2.81. The van der Waals surface area contributed by atoms with E-state index in [1.165, 1.54) is 0 Å². The molecule has 0 radical (unpaired) electrons. The highest BCUT2D eigenvalue weighted by Crippen LogP contribution is 2.23. The van der Waals surface area contributed by atoms with E-state index in [0.717, 1.165) is 24.2 Å². The smallest absolute Gasteiger partial charge is 0.154 e. The van der Waals surface area contributed by atoms with Crippen molar-refractivity contribution in [3.63, 3.8) is 0 Å². The van der Waals surface area contributed by atoms with Crippen molar-refractivity contribution < 1.29 is 0 Å². The summed E-state index contributed by atoms with van der Waals surface area (Å²) in [7, 11) is 0. The van der Waals surface area contributed by atoms with E-state index in [1.54, 1.807) is 6.33 Å². The fraction of sp³-hybridized carbons (Fsp3) is 0.444. The number of rotatable bonds is 4. The molecule has 0 bridgehead atoms. The van der Waals surface area contributed by atoms with E-state index < -0.39 is 0 Å². The number of hydrogen-bond acceptors (Lipinski definition) is 2. The lowest BCUT2D eigenvalue weighted by molar-refractivity contribution is 0.748. The van der Waals surface area contributed by atoms with E-state index in [1.807, 2.05) is 11.5 Å². The maximum atomic E-state index is 5.92. The molecule has 72 valence electrons. The summed E-state index contributed by atoms with van der Waals surface area (Å²) in [6.07, 6.45) is 2.48. The maximum Gasteiger partial charge on any atom is 0.154 e. The van der Waals surface area contributed by atoms with Gasteiger partial charge < -0.3 is 10.3 Å². The Balaban J connectivity index is 2.96. The minimum absolute atomic E-state index is 0.514. The van der Waals surface area contributed by atoms with E-state index in [9.17, 15) is 0 Å². The van der Waals surface area contributed by atoms with Crippen LogP contribution in [-0.2, 0) is 6.54 Å². The van der Waals surface area contributed by atoms with Crippen LogP contribution in [0.5, 0.6) is 0 Å². The number of aryl methyl sites for hydroxylation is 1. The Hall–Kier alpha value is -0.800.